The van der Waals surface area contributed by atoms with Gasteiger partial charge < -0.3 is 9.64 Å². The quantitative estimate of drug-likeness (QED) is 0.503. The summed E-state index contributed by atoms with van der Waals surface area (Å²) < 4.78 is 19.3. The largest absolute Gasteiger partial charge is 0.497 e. The lowest BCUT2D eigenvalue weighted by molar-refractivity contribution is -0.125. The number of halogens is 1. The number of nitrogens with zero attached hydrogens (tertiary/aromatic N) is 3. The van der Waals surface area contributed by atoms with Crippen molar-refractivity contribution in [1.82, 2.24) is 9.88 Å². The molecule has 0 saturated heterocycles. The van der Waals surface area contributed by atoms with Crippen LogP contribution in [0.5, 0.6) is 5.75 Å². The summed E-state index contributed by atoms with van der Waals surface area (Å²) in [7, 11) is 3.31. The van der Waals surface area contributed by atoms with Crippen LogP contribution < -0.4 is 9.64 Å². The predicted molar refractivity (Wildman–Crippen MR) is 120 cm³/mol. The van der Waals surface area contributed by atoms with Crippen LogP contribution in [-0.4, -0.2) is 35.9 Å². The lowest BCUT2D eigenvalue weighted by atomic mass is 10.2. The molecule has 6 nitrogen and oxygen atoms in total. The number of likely N-dealkylation sites (N-methyl/N-ethyl adjacent to an activating group) is 1. The molecule has 2 aromatic carbocycles. The third kappa shape index (κ3) is 5.55. The first kappa shape index (κ1) is 22.2. The standard InChI is InChI=1S/C23H22FN3O3S/c1-16(28)27(21-7-5-4-6-20(21)24)23-25-18(15-31-23)10-13-22(29)26(2)14-17-8-11-19(30-3)12-9-17/h4-13,15H,14H2,1-3H3/b13-10+. The Hall–Kier alpha value is -3.52. The SMILES string of the molecule is COc1ccc(CN(C)C(=O)/C=C/c2csc(N(C(C)=O)c3ccccc3F)n2)cc1. The minimum absolute atomic E-state index is 0.134. The third-order valence-corrected chi connectivity index (χ3v) is 5.31. The first-order valence-corrected chi connectivity index (χ1v) is 10.3. The van der Waals surface area contributed by atoms with Crippen molar-refractivity contribution in [3.05, 3.63) is 77.1 Å². The third-order valence-electron chi connectivity index (χ3n) is 4.46. The zero-order chi connectivity index (χ0) is 22.4. The lowest BCUT2D eigenvalue weighted by Crippen LogP contribution is -2.24. The van der Waals surface area contributed by atoms with Gasteiger partial charge in [0.2, 0.25) is 11.8 Å². The Morgan fingerprint density at radius 1 is 1.16 bits per heavy atom. The van der Waals surface area contributed by atoms with E-state index in [1.54, 1.807) is 42.6 Å². The Labute approximate surface area is 184 Å². The Morgan fingerprint density at radius 3 is 2.52 bits per heavy atom. The molecule has 1 aromatic heterocycles. The topological polar surface area (TPSA) is 62.7 Å². The molecule has 3 rings (SSSR count). The fraction of sp³-hybridized carbons (Fsp3) is 0.174. The summed E-state index contributed by atoms with van der Waals surface area (Å²) in [5.41, 5.74) is 1.62. The van der Waals surface area contributed by atoms with E-state index < -0.39 is 5.82 Å². The van der Waals surface area contributed by atoms with Crippen LogP contribution >= 0.6 is 11.3 Å². The van der Waals surface area contributed by atoms with Crippen molar-refractivity contribution in [2.24, 2.45) is 0 Å². The minimum Gasteiger partial charge on any atom is -0.497 e. The van der Waals surface area contributed by atoms with Crippen LogP contribution in [0.1, 0.15) is 18.2 Å². The van der Waals surface area contributed by atoms with Crippen LogP contribution in [0.25, 0.3) is 6.08 Å². The highest BCUT2D eigenvalue weighted by Gasteiger charge is 2.20. The van der Waals surface area contributed by atoms with Gasteiger partial charge >= 0.3 is 0 Å². The van der Waals surface area contributed by atoms with Gasteiger partial charge in [-0.2, -0.15) is 0 Å². The number of carbonyl (C=O) groups is 2. The van der Waals surface area contributed by atoms with E-state index in [1.807, 2.05) is 24.3 Å². The van der Waals surface area contributed by atoms with Gasteiger partial charge in [0.1, 0.15) is 11.6 Å². The second kappa shape index (κ2) is 9.99. The van der Waals surface area contributed by atoms with E-state index in [1.165, 1.54) is 41.4 Å². The average Bonchev–Trinajstić information content (AvgIpc) is 3.22. The molecule has 8 heteroatoms. The number of hydrogen-bond donors (Lipinski definition) is 0. The molecule has 0 aliphatic heterocycles. The highest BCUT2D eigenvalue weighted by atomic mass is 32.1. The Balaban J connectivity index is 1.69. The van der Waals surface area contributed by atoms with Crippen LogP contribution in [-0.2, 0) is 16.1 Å². The fourth-order valence-corrected chi connectivity index (χ4v) is 3.71. The zero-order valence-electron chi connectivity index (χ0n) is 17.4. The molecular formula is C23H22FN3O3S. The molecule has 0 saturated carbocycles. The zero-order valence-corrected chi connectivity index (χ0v) is 18.2. The molecule has 0 aliphatic rings. The monoisotopic (exact) mass is 439 g/mol. The van der Waals surface area contributed by atoms with Gasteiger partial charge in [0.15, 0.2) is 5.13 Å². The molecule has 0 atom stereocenters. The number of methoxy groups -OCH3 is 1. The van der Waals surface area contributed by atoms with Crippen molar-refractivity contribution in [1.29, 1.82) is 0 Å². The minimum atomic E-state index is -0.514. The summed E-state index contributed by atoms with van der Waals surface area (Å²) in [4.78, 5) is 31.7. The van der Waals surface area contributed by atoms with Gasteiger partial charge in [-0.3, -0.25) is 14.5 Å². The number of anilines is 2. The molecule has 3 aromatic rings. The van der Waals surface area contributed by atoms with E-state index in [-0.39, 0.29) is 17.5 Å². The number of ether oxygens (including phenoxy) is 1. The van der Waals surface area contributed by atoms with Crippen LogP contribution in [0.3, 0.4) is 0 Å². The number of rotatable bonds is 7. The van der Waals surface area contributed by atoms with Crippen LogP contribution in [0, 0.1) is 5.82 Å². The van der Waals surface area contributed by atoms with Crippen molar-refractivity contribution in [3.8, 4) is 5.75 Å². The van der Waals surface area contributed by atoms with Gasteiger partial charge in [0.05, 0.1) is 18.5 Å². The van der Waals surface area contributed by atoms with E-state index in [9.17, 15) is 14.0 Å². The first-order valence-electron chi connectivity index (χ1n) is 9.46. The van der Waals surface area contributed by atoms with Crippen LogP contribution in [0.15, 0.2) is 60.0 Å². The second-order valence-electron chi connectivity index (χ2n) is 6.74. The Morgan fingerprint density at radius 2 is 1.87 bits per heavy atom. The van der Waals surface area contributed by atoms with Crippen LogP contribution in [0.4, 0.5) is 15.2 Å². The van der Waals surface area contributed by atoms with Gasteiger partial charge in [-0.05, 0) is 35.9 Å². The summed E-state index contributed by atoms with van der Waals surface area (Å²) in [6, 6.07) is 13.5. The van der Waals surface area contributed by atoms with Gasteiger partial charge in [-0.1, -0.05) is 24.3 Å². The molecule has 31 heavy (non-hydrogen) atoms. The van der Waals surface area contributed by atoms with Crippen molar-refractivity contribution in [3.63, 3.8) is 0 Å². The molecule has 1 heterocycles. The maximum absolute atomic E-state index is 14.2. The molecule has 0 N–H and O–H groups in total. The summed E-state index contributed by atoms with van der Waals surface area (Å²) in [6.07, 6.45) is 3.00. The van der Waals surface area contributed by atoms with Crippen molar-refractivity contribution in [2.75, 3.05) is 19.1 Å². The first-order chi connectivity index (χ1) is 14.9. The average molecular weight is 440 g/mol. The summed E-state index contributed by atoms with van der Waals surface area (Å²) in [6.45, 7) is 1.79. The highest BCUT2D eigenvalue weighted by molar-refractivity contribution is 7.14. The molecule has 0 aliphatic carbocycles. The molecule has 0 radical (unpaired) electrons. The fourth-order valence-electron chi connectivity index (χ4n) is 2.86. The van der Waals surface area contributed by atoms with Crippen molar-refractivity contribution >= 4 is 40.0 Å². The van der Waals surface area contributed by atoms with E-state index in [2.05, 4.69) is 4.98 Å². The number of carbonyl (C=O) groups excluding carboxylic acids is 2. The number of para-hydroxylation sites is 1. The van der Waals surface area contributed by atoms with E-state index >= 15 is 0 Å². The predicted octanol–water partition coefficient (Wildman–Crippen LogP) is 4.65. The van der Waals surface area contributed by atoms with Crippen LogP contribution in [0.2, 0.25) is 0 Å². The molecule has 0 spiro atoms. The van der Waals surface area contributed by atoms with Gasteiger partial charge in [0, 0.05) is 32.0 Å². The Bertz CT molecular complexity index is 1100. The van der Waals surface area contributed by atoms with E-state index in [0.29, 0.717) is 17.4 Å². The normalized spacial score (nSPS) is 10.8. The summed E-state index contributed by atoms with van der Waals surface area (Å²) in [5, 5.41) is 2.04. The van der Waals surface area contributed by atoms with Gasteiger partial charge in [0.25, 0.3) is 0 Å². The van der Waals surface area contributed by atoms with Crippen molar-refractivity contribution < 1.29 is 18.7 Å². The molecular weight excluding hydrogens is 417 g/mol. The summed E-state index contributed by atoms with van der Waals surface area (Å²) in [5.74, 6) is -0.305. The van der Waals surface area contributed by atoms with E-state index in [4.69, 9.17) is 4.74 Å². The van der Waals surface area contributed by atoms with Gasteiger partial charge in [-0.15, -0.1) is 11.3 Å². The molecule has 0 unspecified atom stereocenters. The van der Waals surface area contributed by atoms with Crippen molar-refractivity contribution in [2.45, 2.75) is 13.5 Å². The Kier molecular flexibility index (Phi) is 7.15. The number of aromatic nitrogens is 1. The number of amides is 2. The maximum atomic E-state index is 14.2. The molecule has 2 amide bonds. The van der Waals surface area contributed by atoms with Gasteiger partial charge in [-0.25, -0.2) is 9.37 Å². The molecule has 0 fully saturated rings. The smallest absolute Gasteiger partial charge is 0.246 e. The maximum Gasteiger partial charge on any atom is 0.246 e. The highest BCUT2D eigenvalue weighted by Crippen LogP contribution is 2.31. The summed E-state index contributed by atoms with van der Waals surface area (Å²) >= 11 is 1.19. The second-order valence-corrected chi connectivity index (χ2v) is 7.57. The lowest BCUT2D eigenvalue weighted by Gasteiger charge is -2.18. The molecule has 0 bridgehead atoms. The molecule has 160 valence electrons. The number of benzene rings is 2. The van der Waals surface area contributed by atoms with E-state index in [0.717, 1.165) is 11.3 Å². The number of hydrogen-bond acceptors (Lipinski definition) is 5. The number of thiazole rings is 1.